The molecule has 0 spiro atoms. The summed E-state index contributed by atoms with van der Waals surface area (Å²) in [6.45, 7) is 0. The number of fused-ring (bicyclic) bond motifs is 1. The lowest BCUT2D eigenvalue weighted by Gasteiger charge is -2.06. The molecule has 1 aliphatic heterocycles. The second-order valence-electron chi connectivity index (χ2n) is 4.80. The van der Waals surface area contributed by atoms with E-state index < -0.39 is 0 Å². The number of nitrogens with one attached hydrogen (secondary N) is 1. The van der Waals surface area contributed by atoms with Crippen molar-refractivity contribution in [2.75, 3.05) is 19.5 Å². The first kappa shape index (κ1) is 14.8. The van der Waals surface area contributed by atoms with Crippen molar-refractivity contribution < 1.29 is 14.3 Å². The van der Waals surface area contributed by atoms with E-state index in [4.69, 9.17) is 9.47 Å². The Balaban J connectivity index is 1.91. The standard InChI is InChI=1S/C17H15N3O3/c1-22-12-7-8-15(23-2)11(9-12)10-18-20-16-13-5-3-4-6-14(13)19-17(16)21/h3-10H,1-2H3,(H,19,20,21)/b18-10-. The molecule has 1 aliphatic rings. The van der Waals surface area contributed by atoms with Crippen LogP contribution < -0.4 is 14.8 Å². The van der Waals surface area contributed by atoms with Gasteiger partial charge in [-0.1, -0.05) is 18.2 Å². The fourth-order valence-corrected chi connectivity index (χ4v) is 2.29. The van der Waals surface area contributed by atoms with Crippen LogP contribution >= 0.6 is 0 Å². The van der Waals surface area contributed by atoms with Crippen LogP contribution in [0.3, 0.4) is 0 Å². The minimum absolute atomic E-state index is 0.263. The number of hydrogen-bond donors (Lipinski definition) is 1. The molecule has 0 aromatic heterocycles. The van der Waals surface area contributed by atoms with Gasteiger partial charge < -0.3 is 14.8 Å². The van der Waals surface area contributed by atoms with E-state index in [1.54, 1.807) is 32.4 Å². The number of benzene rings is 2. The van der Waals surface area contributed by atoms with E-state index in [9.17, 15) is 4.79 Å². The van der Waals surface area contributed by atoms with Gasteiger partial charge in [-0.3, -0.25) is 4.79 Å². The van der Waals surface area contributed by atoms with Crippen LogP contribution in [-0.4, -0.2) is 32.1 Å². The molecule has 116 valence electrons. The Kier molecular flexibility index (Phi) is 4.05. The summed E-state index contributed by atoms with van der Waals surface area (Å²) in [5.74, 6) is 1.07. The molecule has 1 heterocycles. The molecule has 2 aromatic rings. The Labute approximate surface area is 133 Å². The maximum absolute atomic E-state index is 11.9. The van der Waals surface area contributed by atoms with Crippen molar-refractivity contribution in [2.45, 2.75) is 0 Å². The van der Waals surface area contributed by atoms with E-state index in [1.165, 1.54) is 6.21 Å². The number of nitrogens with zero attached hydrogens (tertiary/aromatic N) is 2. The molecule has 3 rings (SSSR count). The van der Waals surface area contributed by atoms with Gasteiger partial charge in [-0.25, -0.2) is 0 Å². The van der Waals surface area contributed by atoms with Gasteiger partial charge in [0.25, 0.3) is 5.91 Å². The number of carbonyl (C=O) groups is 1. The fourth-order valence-electron chi connectivity index (χ4n) is 2.29. The monoisotopic (exact) mass is 309 g/mol. The third-order valence-electron chi connectivity index (χ3n) is 3.44. The Morgan fingerprint density at radius 1 is 1.09 bits per heavy atom. The molecule has 1 N–H and O–H groups in total. The molecule has 6 heteroatoms. The van der Waals surface area contributed by atoms with E-state index in [1.807, 2.05) is 24.3 Å². The number of amides is 1. The summed E-state index contributed by atoms with van der Waals surface area (Å²) in [4.78, 5) is 11.9. The second kappa shape index (κ2) is 6.31. The van der Waals surface area contributed by atoms with E-state index in [0.717, 1.165) is 11.3 Å². The van der Waals surface area contributed by atoms with Gasteiger partial charge in [-0.05, 0) is 24.3 Å². The van der Waals surface area contributed by atoms with Crippen LogP contribution in [0.4, 0.5) is 5.69 Å². The van der Waals surface area contributed by atoms with Crippen LogP contribution in [-0.2, 0) is 4.79 Å². The maximum atomic E-state index is 11.9. The van der Waals surface area contributed by atoms with Crippen molar-refractivity contribution in [1.82, 2.24) is 0 Å². The van der Waals surface area contributed by atoms with Crippen LogP contribution in [0.5, 0.6) is 11.5 Å². The highest BCUT2D eigenvalue weighted by Crippen LogP contribution is 2.24. The van der Waals surface area contributed by atoms with Crippen LogP contribution in [0, 0.1) is 0 Å². The van der Waals surface area contributed by atoms with Gasteiger partial charge in [-0.2, -0.15) is 5.10 Å². The van der Waals surface area contributed by atoms with Gasteiger partial charge in [-0.15, -0.1) is 5.10 Å². The molecule has 0 aliphatic carbocycles. The fraction of sp³-hybridized carbons (Fsp3) is 0.118. The third kappa shape index (κ3) is 2.91. The molecule has 0 saturated carbocycles. The van der Waals surface area contributed by atoms with Crippen molar-refractivity contribution in [2.24, 2.45) is 10.2 Å². The number of rotatable bonds is 4. The Morgan fingerprint density at radius 3 is 2.70 bits per heavy atom. The van der Waals surface area contributed by atoms with Crippen LogP contribution in [0.1, 0.15) is 11.1 Å². The zero-order chi connectivity index (χ0) is 16.2. The first-order valence-corrected chi connectivity index (χ1v) is 6.96. The summed E-state index contributed by atoms with van der Waals surface area (Å²) < 4.78 is 10.5. The number of ether oxygens (including phenoxy) is 2. The van der Waals surface area contributed by atoms with Gasteiger partial charge in [0.1, 0.15) is 11.5 Å². The van der Waals surface area contributed by atoms with Crippen molar-refractivity contribution in [3.05, 3.63) is 53.6 Å². The summed E-state index contributed by atoms with van der Waals surface area (Å²) in [6.07, 6.45) is 1.53. The van der Waals surface area contributed by atoms with Gasteiger partial charge in [0.2, 0.25) is 0 Å². The molecular weight excluding hydrogens is 294 g/mol. The van der Waals surface area contributed by atoms with Gasteiger partial charge >= 0.3 is 0 Å². The Bertz CT molecular complexity index is 812. The zero-order valence-electron chi connectivity index (χ0n) is 12.7. The van der Waals surface area contributed by atoms with E-state index in [-0.39, 0.29) is 5.91 Å². The van der Waals surface area contributed by atoms with E-state index in [2.05, 4.69) is 15.5 Å². The molecule has 0 atom stereocenters. The lowest BCUT2D eigenvalue weighted by molar-refractivity contribution is -0.110. The molecule has 0 saturated heterocycles. The van der Waals surface area contributed by atoms with Crippen molar-refractivity contribution in [1.29, 1.82) is 0 Å². The van der Waals surface area contributed by atoms with Crippen LogP contribution in [0.2, 0.25) is 0 Å². The van der Waals surface area contributed by atoms with Crippen molar-refractivity contribution in [3.63, 3.8) is 0 Å². The van der Waals surface area contributed by atoms with Crippen LogP contribution in [0.25, 0.3) is 0 Å². The van der Waals surface area contributed by atoms with Gasteiger partial charge in [0.05, 0.1) is 26.1 Å². The predicted octanol–water partition coefficient (Wildman–Crippen LogP) is 2.48. The number of carbonyl (C=O) groups excluding carboxylic acids is 1. The summed E-state index contributed by atoms with van der Waals surface area (Å²) in [7, 11) is 3.16. The number of methoxy groups -OCH3 is 2. The summed E-state index contributed by atoms with van der Waals surface area (Å²) in [5, 5.41) is 10.8. The molecule has 2 aromatic carbocycles. The molecule has 0 unspecified atom stereocenters. The summed E-state index contributed by atoms with van der Waals surface area (Å²) in [5.41, 5.74) is 2.49. The molecule has 6 nitrogen and oxygen atoms in total. The normalized spacial score (nSPS) is 14.9. The number of anilines is 1. The average Bonchev–Trinajstić information content (AvgIpc) is 2.90. The SMILES string of the molecule is COc1ccc(OC)c(/C=N\N=C2\C(=O)Nc3ccccc32)c1. The molecule has 23 heavy (non-hydrogen) atoms. The lowest BCUT2D eigenvalue weighted by atomic mass is 10.1. The average molecular weight is 309 g/mol. The quantitative estimate of drug-likeness (QED) is 0.696. The van der Waals surface area contributed by atoms with Gasteiger partial charge in [0.15, 0.2) is 5.71 Å². The van der Waals surface area contributed by atoms with Gasteiger partial charge in [0, 0.05) is 11.1 Å². The number of hydrogen-bond acceptors (Lipinski definition) is 5. The maximum Gasteiger partial charge on any atom is 0.276 e. The zero-order valence-corrected chi connectivity index (χ0v) is 12.7. The summed E-state index contributed by atoms with van der Waals surface area (Å²) >= 11 is 0. The highest BCUT2D eigenvalue weighted by Gasteiger charge is 2.25. The molecular formula is C17H15N3O3. The smallest absolute Gasteiger partial charge is 0.276 e. The minimum Gasteiger partial charge on any atom is -0.497 e. The molecule has 0 fully saturated rings. The molecule has 1 amide bonds. The summed E-state index contributed by atoms with van der Waals surface area (Å²) in [6, 6.07) is 12.7. The Hall–Kier alpha value is -3.15. The number of para-hydroxylation sites is 1. The second-order valence-corrected chi connectivity index (χ2v) is 4.80. The molecule has 0 bridgehead atoms. The van der Waals surface area contributed by atoms with Crippen LogP contribution in [0.15, 0.2) is 52.7 Å². The third-order valence-corrected chi connectivity index (χ3v) is 3.44. The lowest BCUT2D eigenvalue weighted by Crippen LogP contribution is -2.13. The topological polar surface area (TPSA) is 72.3 Å². The largest absolute Gasteiger partial charge is 0.497 e. The first-order valence-electron chi connectivity index (χ1n) is 6.96. The van der Waals surface area contributed by atoms with E-state index in [0.29, 0.717) is 22.8 Å². The highest BCUT2D eigenvalue weighted by molar-refractivity contribution is 6.53. The minimum atomic E-state index is -0.263. The van der Waals surface area contributed by atoms with E-state index >= 15 is 0 Å². The first-order chi connectivity index (χ1) is 11.2. The Morgan fingerprint density at radius 2 is 1.91 bits per heavy atom. The highest BCUT2D eigenvalue weighted by atomic mass is 16.5. The van der Waals surface area contributed by atoms with Crippen molar-refractivity contribution in [3.8, 4) is 11.5 Å². The predicted molar refractivity (Wildman–Crippen MR) is 88.7 cm³/mol. The van der Waals surface area contributed by atoms with Crippen molar-refractivity contribution >= 4 is 23.5 Å². The molecule has 0 radical (unpaired) electrons.